The highest BCUT2D eigenvalue weighted by Gasteiger charge is 2.32. The molecular formula is C21H30F2N4O5. The standard InChI is InChI=1S/C21H30F2N4O5/c22-14-1-3-16(23)18(11-14)26-21(30)24-6-5-15-2-4-17(19(13-28)32-15)25-20(29)12-27-7-9-31-10-8-27/h1,3,11,15,17,19,28H,2,4-10,12-13H2,(H,25,29)(H2,24,26,30)/t15-,17+,19+/m0/s1. The van der Waals surface area contributed by atoms with Crippen molar-refractivity contribution in [2.75, 3.05) is 51.3 Å². The van der Waals surface area contributed by atoms with Gasteiger partial charge in [0.25, 0.3) is 0 Å². The zero-order chi connectivity index (χ0) is 22.9. The van der Waals surface area contributed by atoms with Gasteiger partial charge in [-0.05, 0) is 31.4 Å². The molecule has 178 valence electrons. The number of carbonyl (C=O) groups is 2. The Hall–Kier alpha value is -2.34. The number of anilines is 1. The minimum absolute atomic E-state index is 0.111. The van der Waals surface area contributed by atoms with Crippen LogP contribution in [-0.4, -0.2) is 86.2 Å². The van der Waals surface area contributed by atoms with Gasteiger partial charge in [0.2, 0.25) is 5.91 Å². The van der Waals surface area contributed by atoms with Gasteiger partial charge in [0.1, 0.15) is 17.7 Å². The fourth-order valence-electron chi connectivity index (χ4n) is 3.83. The van der Waals surface area contributed by atoms with Crippen LogP contribution in [0.15, 0.2) is 18.2 Å². The SMILES string of the molecule is O=C(CN1CCOCC1)N[C@@H]1CC[C@@H](CCNC(=O)Nc2cc(F)ccc2F)O[C@@H]1CO. The van der Waals surface area contributed by atoms with E-state index in [1.54, 1.807) is 0 Å². The van der Waals surface area contributed by atoms with Crippen LogP contribution in [-0.2, 0) is 14.3 Å². The predicted molar refractivity (Wildman–Crippen MR) is 112 cm³/mol. The Bertz CT molecular complexity index is 779. The number of nitrogens with zero attached hydrogens (tertiary/aromatic N) is 1. The number of rotatable bonds is 8. The summed E-state index contributed by atoms with van der Waals surface area (Å²) in [5, 5.41) is 17.5. The lowest BCUT2D eigenvalue weighted by molar-refractivity contribution is -0.130. The molecule has 2 aliphatic rings. The van der Waals surface area contributed by atoms with Gasteiger partial charge in [-0.2, -0.15) is 0 Å². The number of benzene rings is 1. The number of aliphatic hydroxyl groups excluding tert-OH is 1. The molecule has 0 radical (unpaired) electrons. The molecule has 4 N–H and O–H groups in total. The highest BCUT2D eigenvalue weighted by Crippen LogP contribution is 2.22. The summed E-state index contributed by atoms with van der Waals surface area (Å²) in [6.45, 7) is 2.96. The van der Waals surface area contributed by atoms with Gasteiger partial charge in [-0.3, -0.25) is 9.69 Å². The van der Waals surface area contributed by atoms with Gasteiger partial charge in [-0.15, -0.1) is 0 Å². The van der Waals surface area contributed by atoms with Crippen LogP contribution in [0.5, 0.6) is 0 Å². The number of hydrogen-bond acceptors (Lipinski definition) is 6. The maximum absolute atomic E-state index is 13.6. The third kappa shape index (κ3) is 7.37. The van der Waals surface area contributed by atoms with E-state index in [1.165, 1.54) is 0 Å². The van der Waals surface area contributed by atoms with Crippen molar-refractivity contribution in [3.05, 3.63) is 29.8 Å². The molecule has 0 bridgehead atoms. The van der Waals surface area contributed by atoms with Crippen molar-refractivity contribution in [2.45, 2.75) is 37.5 Å². The molecule has 3 amide bonds. The van der Waals surface area contributed by atoms with E-state index in [0.29, 0.717) is 45.6 Å². The maximum Gasteiger partial charge on any atom is 0.319 e. The summed E-state index contributed by atoms with van der Waals surface area (Å²) in [5.41, 5.74) is -0.243. The van der Waals surface area contributed by atoms with Crippen LogP contribution in [0.4, 0.5) is 19.3 Å². The molecule has 0 saturated carbocycles. The van der Waals surface area contributed by atoms with Crippen molar-refractivity contribution in [3.63, 3.8) is 0 Å². The molecule has 32 heavy (non-hydrogen) atoms. The van der Waals surface area contributed by atoms with Crippen LogP contribution in [0.3, 0.4) is 0 Å². The van der Waals surface area contributed by atoms with Gasteiger partial charge in [0.05, 0.1) is 44.2 Å². The number of amides is 3. The maximum atomic E-state index is 13.6. The molecular weight excluding hydrogens is 426 g/mol. The Morgan fingerprint density at radius 2 is 1.97 bits per heavy atom. The Morgan fingerprint density at radius 1 is 1.19 bits per heavy atom. The third-order valence-electron chi connectivity index (χ3n) is 5.54. The second kappa shape index (κ2) is 12.0. The number of hydrogen-bond donors (Lipinski definition) is 4. The molecule has 1 aromatic carbocycles. The lowest BCUT2D eigenvalue weighted by Gasteiger charge is -2.36. The van der Waals surface area contributed by atoms with E-state index >= 15 is 0 Å². The highest BCUT2D eigenvalue weighted by molar-refractivity contribution is 5.89. The minimum Gasteiger partial charge on any atom is -0.394 e. The van der Waals surface area contributed by atoms with Gasteiger partial charge in [0, 0.05) is 25.7 Å². The average molecular weight is 456 g/mol. The Kier molecular flexibility index (Phi) is 9.15. The second-order valence-electron chi connectivity index (χ2n) is 7.91. The molecule has 2 saturated heterocycles. The van der Waals surface area contributed by atoms with Crippen molar-refractivity contribution in [1.82, 2.24) is 15.5 Å². The summed E-state index contributed by atoms with van der Waals surface area (Å²) in [7, 11) is 0. The summed E-state index contributed by atoms with van der Waals surface area (Å²) in [6, 6.07) is 1.87. The van der Waals surface area contributed by atoms with Crippen LogP contribution in [0.25, 0.3) is 0 Å². The summed E-state index contributed by atoms with van der Waals surface area (Å²) in [5.74, 6) is -1.50. The van der Waals surface area contributed by atoms with E-state index in [2.05, 4.69) is 16.0 Å². The number of halogens is 2. The van der Waals surface area contributed by atoms with Crippen molar-refractivity contribution < 1.29 is 33.0 Å². The smallest absolute Gasteiger partial charge is 0.319 e. The Balaban J connectivity index is 1.37. The molecule has 3 atom stereocenters. The fraction of sp³-hybridized carbons (Fsp3) is 0.619. The summed E-state index contributed by atoms with van der Waals surface area (Å²) in [6.07, 6.45) is 1.04. The van der Waals surface area contributed by atoms with Gasteiger partial charge >= 0.3 is 6.03 Å². The summed E-state index contributed by atoms with van der Waals surface area (Å²) in [4.78, 5) is 26.3. The number of ether oxygens (including phenoxy) is 2. The summed E-state index contributed by atoms with van der Waals surface area (Å²) < 4.78 is 37.9. The van der Waals surface area contributed by atoms with E-state index in [4.69, 9.17) is 9.47 Å². The van der Waals surface area contributed by atoms with E-state index < -0.39 is 23.8 Å². The zero-order valence-electron chi connectivity index (χ0n) is 17.8. The van der Waals surface area contributed by atoms with Gasteiger partial charge in [-0.25, -0.2) is 13.6 Å². The predicted octanol–water partition coefficient (Wildman–Crippen LogP) is 0.833. The average Bonchev–Trinajstić information content (AvgIpc) is 2.78. The first kappa shape index (κ1) is 24.3. The Labute approximate surface area is 185 Å². The van der Waals surface area contributed by atoms with E-state index in [1.807, 2.05) is 4.90 Å². The number of carbonyl (C=O) groups excluding carboxylic acids is 2. The quantitative estimate of drug-likeness (QED) is 0.461. The third-order valence-corrected chi connectivity index (χ3v) is 5.54. The number of nitrogens with one attached hydrogen (secondary N) is 3. The van der Waals surface area contributed by atoms with Crippen LogP contribution < -0.4 is 16.0 Å². The number of urea groups is 1. The van der Waals surface area contributed by atoms with Crippen molar-refractivity contribution in [2.24, 2.45) is 0 Å². The molecule has 1 aromatic rings. The fourth-order valence-corrected chi connectivity index (χ4v) is 3.83. The molecule has 11 heteroatoms. The minimum atomic E-state index is -0.732. The molecule has 2 fully saturated rings. The van der Waals surface area contributed by atoms with Gasteiger partial charge in [-0.1, -0.05) is 0 Å². The first-order valence-electron chi connectivity index (χ1n) is 10.8. The van der Waals surface area contributed by atoms with Crippen LogP contribution in [0.1, 0.15) is 19.3 Å². The Morgan fingerprint density at radius 3 is 2.72 bits per heavy atom. The topological polar surface area (TPSA) is 112 Å². The molecule has 2 aliphatic heterocycles. The van der Waals surface area contributed by atoms with Crippen LogP contribution in [0.2, 0.25) is 0 Å². The molecule has 0 unspecified atom stereocenters. The van der Waals surface area contributed by atoms with Crippen LogP contribution >= 0.6 is 0 Å². The molecule has 9 nitrogen and oxygen atoms in total. The second-order valence-corrected chi connectivity index (χ2v) is 7.91. The molecule has 3 rings (SSSR count). The largest absolute Gasteiger partial charge is 0.394 e. The summed E-state index contributed by atoms with van der Waals surface area (Å²) >= 11 is 0. The van der Waals surface area contributed by atoms with Gasteiger partial charge in [0.15, 0.2) is 0 Å². The zero-order valence-corrected chi connectivity index (χ0v) is 17.8. The molecule has 2 heterocycles. The van der Waals surface area contributed by atoms with Crippen molar-refractivity contribution in [3.8, 4) is 0 Å². The first-order valence-corrected chi connectivity index (χ1v) is 10.8. The highest BCUT2D eigenvalue weighted by atomic mass is 19.1. The van der Waals surface area contributed by atoms with Crippen LogP contribution in [0, 0.1) is 11.6 Å². The van der Waals surface area contributed by atoms with Crippen molar-refractivity contribution in [1.29, 1.82) is 0 Å². The molecule has 0 aromatic heterocycles. The lowest BCUT2D eigenvalue weighted by atomic mass is 9.97. The van der Waals surface area contributed by atoms with Gasteiger partial charge < -0.3 is 30.5 Å². The van der Waals surface area contributed by atoms with Crippen molar-refractivity contribution >= 4 is 17.6 Å². The lowest BCUT2D eigenvalue weighted by Crippen LogP contribution is -2.53. The first-order chi connectivity index (χ1) is 15.4. The monoisotopic (exact) mass is 456 g/mol. The normalized spacial score (nSPS) is 24.0. The molecule has 0 spiro atoms. The van der Waals surface area contributed by atoms with E-state index in [-0.39, 0.29) is 43.4 Å². The van der Waals surface area contributed by atoms with E-state index in [9.17, 15) is 23.5 Å². The number of morpholine rings is 1. The van der Waals surface area contributed by atoms with E-state index in [0.717, 1.165) is 18.2 Å². The number of aliphatic hydroxyl groups is 1. The molecule has 0 aliphatic carbocycles.